The zero-order chi connectivity index (χ0) is 12.3. The van der Waals surface area contributed by atoms with Gasteiger partial charge in [0.05, 0.1) is 0 Å². The average Bonchev–Trinajstić information content (AvgIpc) is 2.75. The molecule has 0 aliphatic carbocycles. The van der Waals surface area contributed by atoms with Crippen LogP contribution in [0.5, 0.6) is 0 Å². The summed E-state index contributed by atoms with van der Waals surface area (Å²) in [5.74, 6) is 0.0153. The summed E-state index contributed by atoms with van der Waals surface area (Å²) >= 11 is 0. The molecule has 1 heterocycles. The number of carbonyl (C=O) groups is 1. The van der Waals surface area contributed by atoms with Gasteiger partial charge in [0.1, 0.15) is 0 Å². The van der Waals surface area contributed by atoms with E-state index in [1.807, 2.05) is 37.2 Å². The summed E-state index contributed by atoms with van der Waals surface area (Å²) in [5.41, 5.74) is 3.16. The van der Waals surface area contributed by atoms with Crippen molar-refractivity contribution in [1.29, 1.82) is 0 Å². The molecule has 17 heavy (non-hydrogen) atoms. The summed E-state index contributed by atoms with van der Waals surface area (Å²) in [4.78, 5) is 13.9. The van der Waals surface area contributed by atoms with Crippen molar-refractivity contribution in [2.45, 2.75) is 6.42 Å². The lowest BCUT2D eigenvalue weighted by Gasteiger charge is -2.10. The molecule has 4 heteroatoms. The molecule has 0 radical (unpaired) electrons. The van der Waals surface area contributed by atoms with Gasteiger partial charge in [-0.1, -0.05) is 0 Å². The fourth-order valence-electron chi connectivity index (χ4n) is 1.94. The molecule has 1 amide bonds. The van der Waals surface area contributed by atoms with Crippen molar-refractivity contribution in [1.82, 2.24) is 10.2 Å². The quantitative estimate of drug-likeness (QED) is 0.813. The molecule has 2 N–H and O–H groups in total. The molecule has 0 unspecified atom stereocenters. The maximum Gasteiger partial charge on any atom is 0.251 e. The molecule has 4 nitrogen and oxygen atoms in total. The minimum absolute atomic E-state index is 0.0153. The van der Waals surface area contributed by atoms with Crippen molar-refractivity contribution < 1.29 is 4.79 Å². The van der Waals surface area contributed by atoms with Gasteiger partial charge in [-0.25, -0.2) is 0 Å². The Bertz CT molecular complexity index is 415. The number of amides is 1. The van der Waals surface area contributed by atoms with Gasteiger partial charge in [0.25, 0.3) is 5.91 Å². The molecule has 0 bridgehead atoms. The number of hydrogen-bond donors (Lipinski definition) is 2. The van der Waals surface area contributed by atoms with Crippen molar-refractivity contribution >= 4 is 11.6 Å². The Labute approximate surface area is 102 Å². The van der Waals surface area contributed by atoms with Crippen LogP contribution in [0.15, 0.2) is 18.2 Å². The Morgan fingerprint density at radius 2 is 2.29 bits per heavy atom. The summed E-state index contributed by atoms with van der Waals surface area (Å²) in [6.07, 6.45) is 1.01. The monoisotopic (exact) mass is 233 g/mol. The molecular weight excluding hydrogens is 214 g/mol. The third-order valence-electron chi connectivity index (χ3n) is 2.92. The number of carbonyl (C=O) groups excluding carboxylic acids is 1. The molecule has 1 aliphatic heterocycles. The highest BCUT2D eigenvalue weighted by atomic mass is 16.1. The molecule has 0 aromatic heterocycles. The molecule has 0 spiro atoms. The minimum atomic E-state index is 0.0153. The fraction of sp³-hybridized carbons (Fsp3) is 0.462. The number of fused-ring (bicyclic) bond motifs is 1. The first-order chi connectivity index (χ1) is 8.16. The van der Waals surface area contributed by atoms with Gasteiger partial charge in [-0.3, -0.25) is 4.79 Å². The van der Waals surface area contributed by atoms with Crippen molar-refractivity contribution in [3.8, 4) is 0 Å². The average molecular weight is 233 g/mol. The van der Waals surface area contributed by atoms with E-state index in [1.165, 1.54) is 5.56 Å². The smallest absolute Gasteiger partial charge is 0.251 e. The number of hydrogen-bond acceptors (Lipinski definition) is 3. The van der Waals surface area contributed by atoms with Crippen LogP contribution in [-0.4, -0.2) is 44.5 Å². The van der Waals surface area contributed by atoms with Gasteiger partial charge in [0.15, 0.2) is 0 Å². The molecule has 0 saturated heterocycles. The molecule has 1 aliphatic rings. The van der Waals surface area contributed by atoms with Gasteiger partial charge in [0, 0.05) is 30.9 Å². The van der Waals surface area contributed by atoms with E-state index in [9.17, 15) is 4.79 Å². The highest BCUT2D eigenvalue weighted by molar-refractivity contribution is 5.95. The first-order valence-corrected chi connectivity index (χ1v) is 5.96. The zero-order valence-electron chi connectivity index (χ0n) is 10.4. The topological polar surface area (TPSA) is 44.4 Å². The van der Waals surface area contributed by atoms with Gasteiger partial charge < -0.3 is 15.5 Å². The molecular formula is C13H19N3O. The second kappa shape index (κ2) is 5.19. The van der Waals surface area contributed by atoms with E-state index >= 15 is 0 Å². The third-order valence-corrected chi connectivity index (χ3v) is 2.92. The van der Waals surface area contributed by atoms with Crippen LogP contribution in [-0.2, 0) is 6.42 Å². The number of nitrogens with one attached hydrogen (secondary N) is 2. The molecule has 2 rings (SSSR count). The largest absolute Gasteiger partial charge is 0.384 e. The van der Waals surface area contributed by atoms with Gasteiger partial charge >= 0.3 is 0 Å². The van der Waals surface area contributed by atoms with Crippen LogP contribution in [0, 0.1) is 0 Å². The van der Waals surface area contributed by atoms with E-state index in [4.69, 9.17) is 0 Å². The first kappa shape index (κ1) is 11.9. The van der Waals surface area contributed by atoms with E-state index in [0.29, 0.717) is 6.54 Å². The summed E-state index contributed by atoms with van der Waals surface area (Å²) in [7, 11) is 3.99. The standard InChI is InChI=1S/C13H19N3O/c1-16(2)8-7-15-13(17)11-3-4-12-10(9-11)5-6-14-12/h3-4,9,14H,5-8H2,1-2H3,(H,15,17). The van der Waals surface area contributed by atoms with Crippen LogP contribution >= 0.6 is 0 Å². The van der Waals surface area contributed by atoms with E-state index < -0.39 is 0 Å². The predicted octanol–water partition coefficient (Wildman–Crippen LogP) is 0.946. The van der Waals surface area contributed by atoms with Crippen LogP contribution in [0.1, 0.15) is 15.9 Å². The number of rotatable bonds is 4. The Morgan fingerprint density at radius 3 is 3.06 bits per heavy atom. The summed E-state index contributed by atoms with van der Waals surface area (Å²) < 4.78 is 0. The van der Waals surface area contributed by atoms with Crippen LogP contribution < -0.4 is 10.6 Å². The second-order valence-electron chi connectivity index (χ2n) is 4.61. The number of anilines is 1. The second-order valence-corrected chi connectivity index (χ2v) is 4.61. The molecule has 0 fully saturated rings. The summed E-state index contributed by atoms with van der Waals surface area (Å²) in [5, 5.41) is 6.21. The van der Waals surface area contributed by atoms with Gasteiger partial charge in [-0.2, -0.15) is 0 Å². The molecule has 0 atom stereocenters. The molecule has 0 saturated carbocycles. The lowest BCUT2D eigenvalue weighted by Crippen LogP contribution is -2.31. The Balaban J connectivity index is 1.95. The van der Waals surface area contributed by atoms with Crippen molar-refractivity contribution in [3.63, 3.8) is 0 Å². The van der Waals surface area contributed by atoms with Gasteiger partial charge in [-0.05, 0) is 44.3 Å². The number of likely N-dealkylation sites (N-methyl/N-ethyl adjacent to an activating group) is 1. The van der Waals surface area contributed by atoms with Crippen LogP contribution in [0.4, 0.5) is 5.69 Å². The number of nitrogens with zero attached hydrogens (tertiary/aromatic N) is 1. The van der Waals surface area contributed by atoms with Gasteiger partial charge in [0.2, 0.25) is 0 Å². The van der Waals surface area contributed by atoms with E-state index in [2.05, 4.69) is 10.6 Å². The molecule has 1 aromatic rings. The van der Waals surface area contributed by atoms with Crippen LogP contribution in [0.3, 0.4) is 0 Å². The van der Waals surface area contributed by atoms with E-state index in [0.717, 1.165) is 30.8 Å². The fourth-order valence-corrected chi connectivity index (χ4v) is 1.94. The summed E-state index contributed by atoms with van der Waals surface area (Å²) in [6, 6.07) is 5.85. The van der Waals surface area contributed by atoms with Gasteiger partial charge in [-0.15, -0.1) is 0 Å². The van der Waals surface area contributed by atoms with Crippen molar-refractivity contribution in [2.24, 2.45) is 0 Å². The molecule has 92 valence electrons. The van der Waals surface area contributed by atoms with E-state index in [-0.39, 0.29) is 5.91 Å². The zero-order valence-corrected chi connectivity index (χ0v) is 10.4. The van der Waals surface area contributed by atoms with E-state index in [1.54, 1.807) is 0 Å². The SMILES string of the molecule is CN(C)CCNC(=O)c1ccc2c(c1)CCN2. The normalized spacial score (nSPS) is 13.4. The van der Waals surface area contributed by atoms with Crippen molar-refractivity contribution in [3.05, 3.63) is 29.3 Å². The minimum Gasteiger partial charge on any atom is -0.384 e. The maximum atomic E-state index is 11.9. The lowest BCUT2D eigenvalue weighted by atomic mass is 10.1. The summed E-state index contributed by atoms with van der Waals surface area (Å²) in [6.45, 7) is 2.51. The first-order valence-electron chi connectivity index (χ1n) is 5.96. The Kier molecular flexibility index (Phi) is 3.64. The maximum absolute atomic E-state index is 11.9. The van der Waals surface area contributed by atoms with Crippen LogP contribution in [0.2, 0.25) is 0 Å². The predicted molar refractivity (Wildman–Crippen MR) is 69.5 cm³/mol. The Morgan fingerprint density at radius 1 is 1.47 bits per heavy atom. The molecule has 1 aromatic carbocycles. The lowest BCUT2D eigenvalue weighted by molar-refractivity contribution is 0.0951. The highest BCUT2D eigenvalue weighted by Gasteiger charge is 2.12. The Hall–Kier alpha value is -1.55. The highest BCUT2D eigenvalue weighted by Crippen LogP contribution is 2.22. The van der Waals surface area contributed by atoms with Crippen molar-refractivity contribution in [2.75, 3.05) is 39.0 Å². The third kappa shape index (κ3) is 2.97. The van der Waals surface area contributed by atoms with Crippen LogP contribution in [0.25, 0.3) is 0 Å². The number of benzene rings is 1.